The lowest BCUT2D eigenvalue weighted by Gasteiger charge is -2.29. The SMILES string of the molecule is CC/C=C\C/C=C\C/C=C\C/C=C\C/C=C\C/C=C\C/C=C\C/C=C\CCCCC(=O)NC(COP(=O)([O-])OCC[N+](C)(C)C)C(O)/C=C/CCCCCCCCC. The summed E-state index contributed by atoms with van der Waals surface area (Å²) in [6.07, 6.45) is 57.2. The fourth-order valence-corrected chi connectivity index (χ4v) is 6.18. The number of unbranched alkanes of at least 4 members (excludes halogenated alkanes) is 9. The minimum Gasteiger partial charge on any atom is -0.756 e. The summed E-state index contributed by atoms with van der Waals surface area (Å²) in [5.74, 6) is -0.249. The number of phosphoric acid groups is 1. The molecule has 0 fully saturated rings. The van der Waals surface area contributed by atoms with Crippen LogP contribution in [-0.4, -0.2) is 68.5 Å². The van der Waals surface area contributed by atoms with Gasteiger partial charge in [0.25, 0.3) is 7.82 Å². The van der Waals surface area contributed by atoms with Gasteiger partial charge in [-0.3, -0.25) is 9.36 Å². The molecule has 1 amide bonds. The molecule has 0 saturated heterocycles. The van der Waals surface area contributed by atoms with Crippen molar-refractivity contribution in [3.8, 4) is 0 Å². The van der Waals surface area contributed by atoms with Crippen LogP contribution >= 0.6 is 7.82 Å². The smallest absolute Gasteiger partial charge is 0.268 e. The van der Waals surface area contributed by atoms with E-state index < -0.39 is 26.6 Å². The number of carbonyl (C=O) groups is 1. The van der Waals surface area contributed by atoms with E-state index in [9.17, 15) is 19.4 Å². The minimum atomic E-state index is -4.60. The molecule has 3 unspecified atom stereocenters. The van der Waals surface area contributed by atoms with E-state index >= 15 is 0 Å². The molecule has 0 spiro atoms. The quantitative estimate of drug-likeness (QED) is 0.0278. The summed E-state index contributed by atoms with van der Waals surface area (Å²) in [6, 6.07) is -0.915. The summed E-state index contributed by atoms with van der Waals surface area (Å²) >= 11 is 0. The Hall–Kier alpha value is -2.84. The van der Waals surface area contributed by atoms with Gasteiger partial charge in [-0.25, -0.2) is 0 Å². The van der Waals surface area contributed by atoms with E-state index in [0.29, 0.717) is 17.4 Å². The second-order valence-electron chi connectivity index (χ2n) is 15.7. The number of carbonyl (C=O) groups excluding carboxylic acids is 1. The maximum absolute atomic E-state index is 12.8. The van der Waals surface area contributed by atoms with Gasteiger partial charge in [0.2, 0.25) is 5.91 Å². The fraction of sp³-hybridized carbons (Fsp3) is 0.612. The Morgan fingerprint density at radius 3 is 1.53 bits per heavy atom. The zero-order valence-corrected chi connectivity index (χ0v) is 38.1. The second-order valence-corrected chi connectivity index (χ2v) is 17.1. The number of nitrogens with zero attached hydrogens (tertiary/aromatic N) is 1. The molecule has 330 valence electrons. The molecule has 0 aliphatic rings. The van der Waals surface area contributed by atoms with Crippen LogP contribution in [0.25, 0.3) is 0 Å². The Morgan fingerprint density at radius 2 is 1.05 bits per heavy atom. The molecule has 2 N–H and O–H groups in total. The van der Waals surface area contributed by atoms with Crippen LogP contribution in [0.1, 0.15) is 142 Å². The predicted octanol–water partition coefficient (Wildman–Crippen LogP) is 11.9. The first-order valence-electron chi connectivity index (χ1n) is 22.2. The molecule has 0 heterocycles. The number of nitrogens with one attached hydrogen (secondary N) is 1. The van der Waals surface area contributed by atoms with Gasteiger partial charge in [-0.1, -0.05) is 162 Å². The first-order chi connectivity index (χ1) is 28.0. The van der Waals surface area contributed by atoms with Crippen molar-refractivity contribution in [1.82, 2.24) is 5.32 Å². The third kappa shape index (κ3) is 41.3. The predicted molar refractivity (Wildman–Crippen MR) is 246 cm³/mol. The summed E-state index contributed by atoms with van der Waals surface area (Å²) in [5.41, 5.74) is 0. The van der Waals surface area contributed by atoms with Gasteiger partial charge in [-0.15, -0.1) is 0 Å². The van der Waals surface area contributed by atoms with Crippen LogP contribution in [0.15, 0.2) is 109 Å². The summed E-state index contributed by atoms with van der Waals surface area (Å²) in [6.45, 7) is 4.42. The van der Waals surface area contributed by atoms with Crippen molar-refractivity contribution in [2.45, 2.75) is 154 Å². The maximum atomic E-state index is 12.8. The van der Waals surface area contributed by atoms with Crippen molar-refractivity contribution in [3.05, 3.63) is 109 Å². The lowest BCUT2D eigenvalue weighted by Crippen LogP contribution is -2.45. The number of amides is 1. The van der Waals surface area contributed by atoms with E-state index in [1.165, 1.54) is 32.1 Å². The number of aliphatic hydroxyl groups is 1. The highest BCUT2D eigenvalue weighted by molar-refractivity contribution is 7.45. The Morgan fingerprint density at radius 1 is 0.621 bits per heavy atom. The third-order valence-electron chi connectivity index (χ3n) is 8.99. The van der Waals surface area contributed by atoms with Crippen molar-refractivity contribution in [2.24, 2.45) is 0 Å². The van der Waals surface area contributed by atoms with E-state index in [0.717, 1.165) is 83.5 Å². The molecule has 0 aromatic carbocycles. The van der Waals surface area contributed by atoms with Gasteiger partial charge in [0.1, 0.15) is 13.2 Å². The first kappa shape index (κ1) is 55.2. The lowest BCUT2D eigenvalue weighted by atomic mass is 10.1. The van der Waals surface area contributed by atoms with E-state index in [4.69, 9.17) is 9.05 Å². The van der Waals surface area contributed by atoms with Crippen LogP contribution in [0, 0.1) is 0 Å². The molecule has 58 heavy (non-hydrogen) atoms. The van der Waals surface area contributed by atoms with Gasteiger partial charge in [0.15, 0.2) is 0 Å². The molecule has 0 rings (SSSR count). The monoisotopic (exact) mass is 827 g/mol. The normalized spacial score (nSPS) is 15.4. The summed E-state index contributed by atoms with van der Waals surface area (Å²) in [7, 11) is 1.21. The Kier molecular flexibility index (Phi) is 37.7. The van der Waals surface area contributed by atoms with E-state index in [2.05, 4.69) is 116 Å². The van der Waals surface area contributed by atoms with E-state index in [1.807, 2.05) is 27.2 Å². The van der Waals surface area contributed by atoms with E-state index in [1.54, 1.807) is 6.08 Å². The van der Waals surface area contributed by atoms with Crippen LogP contribution in [0.2, 0.25) is 0 Å². The topological polar surface area (TPSA) is 108 Å². The summed E-state index contributed by atoms with van der Waals surface area (Å²) in [5, 5.41) is 13.7. The van der Waals surface area contributed by atoms with Gasteiger partial charge in [0, 0.05) is 6.42 Å². The van der Waals surface area contributed by atoms with Crippen molar-refractivity contribution >= 4 is 13.7 Å². The van der Waals surface area contributed by atoms with Crippen LogP contribution in [0.5, 0.6) is 0 Å². The average Bonchev–Trinajstić information content (AvgIpc) is 3.17. The van der Waals surface area contributed by atoms with Crippen molar-refractivity contribution in [1.29, 1.82) is 0 Å². The standard InChI is InChI=1S/C49H83N2O6P/c1-6-8-10-12-14-16-17-18-19-20-21-22-23-24-25-26-27-28-29-30-31-32-33-35-37-39-41-43-49(53)50-47(46-57-58(54,55)56-45-44-51(3,4)5)48(52)42-40-38-36-34-15-13-11-9-7-2/h8,10,14,16,18-19,21-22,24-25,27-28,30-31,33,35,40,42,47-48,52H,6-7,9,11-13,15,17,20,23,26,29,32,34,36-39,41,43-46H2,1-5H3,(H-,50,53,54,55)/b10-8-,16-14-,19-18-,22-21-,25-24-,28-27-,31-30-,35-33-,42-40+. The highest BCUT2D eigenvalue weighted by atomic mass is 31.2. The highest BCUT2D eigenvalue weighted by Gasteiger charge is 2.23. The molecule has 0 radical (unpaired) electrons. The zero-order chi connectivity index (χ0) is 42.8. The van der Waals surface area contributed by atoms with Gasteiger partial charge < -0.3 is 28.8 Å². The molecule has 0 bridgehead atoms. The summed E-state index contributed by atoms with van der Waals surface area (Å²) < 4.78 is 23.1. The first-order valence-corrected chi connectivity index (χ1v) is 23.7. The second kappa shape index (κ2) is 39.6. The van der Waals surface area contributed by atoms with Gasteiger partial charge >= 0.3 is 0 Å². The fourth-order valence-electron chi connectivity index (χ4n) is 5.46. The largest absolute Gasteiger partial charge is 0.756 e. The van der Waals surface area contributed by atoms with E-state index in [-0.39, 0.29) is 18.9 Å². The van der Waals surface area contributed by atoms with Gasteiger partial charge in [0.05, 0.1) is 39.9 Å². The maximum Gasteiger partial charge on any atom is 0.268 e. The van der Waals surface area contributed by atoms with Crippen LogP contribution in [0.4, 0.5) is 0 Å². The molecular formula is C49H83N2O6P. The molecule has 0 aromatic rings. The van der Waals surface area contributed by atoms with Gasteiger partial charge in [-0.2, -0.15) is 0 Å². The van der Waals surface area contributed by atoms with Crippen molar-refractivity contribution in [2.75, 3.05) is 40.9 Å². The number of rotatable bonds is 38. The lowest BCUT2D eigenvalue weighted by molar-refractivity contribution is -0.870. The zero-order valence-electron chi connectivity index (χ0n) is 37.2. The Bertz CT molecular complexity index is 1300. The number of aliphatic hydroxyl groups excluding tert-OH is 1. The number of likely N-dealkylation sites (N-methyl/N-ethyl adjacent to an activating group) is 1. The average molecular weight is 827 g/mol. The molecule has 0 aliphatic heterocycles. The minimum absolute atomic E-state index is 0.0166. The van der Waals surface area contributed by atoms with Gasteiger partial charge in [-0.05, 0) is 83.5 Å². The number of quaternary nitrogens is 1. The highest BCUT2D eigenvalue weighted by Crippen LogP contribution is 2.38. The molecule has 0 aromatic heterocycles. The van der Waals surface area contributed by atoms with Crippen LogP contribution in [0.3, 0.4) is 0 Å². The Balaban J connectivity index is 4.39. The van der Waals surface area contributed by atoms with Crippen molar-refractivity contribution in [3.63, 3.8) is 0 Å². The van der Waals surface area contributed by atoms with Crippen molar-refractivity contribution < 1.29 is 32.9 Å². The molecule has 8 nitrogen and oxygen atoms in total. The summed E-state index contributed by atoms with van der Waals surface area (Å²) in [4.78, 5) is 25.2. The molecule has 0 saturated carbocycles. The number of hydrogen-bond donors (Lipinski definition) is 2. The van der Waals surface area contributed by atoms with Crippen LogP contribution in [-0.2, 0) is 18.4 Å². The molecule has 9 heteroatoms. The Labute approximate surface area is 355 Å². The number of hydrogen-bond acceptors (Lipinski definition) is 6. The number of phosphoric ester groups is 1. The number of allylic oxidation sites excluding steroid dienone is 17. The van der Waals surface area contributed by atoms with Crippen LogP contribution < -0.4 is 10.2 Å². The molecule has 0 aliphatic carbocycles. The molecule has 3 atom stereocenters. The third-order valence-corrected chi connectivity index (χ3v) is 9.95. The molecular weight excluding hydrogens is 744 g/mol.